The summed E-state index contributed by atoms with van der Waals surface area (Å²) < 4.78 is 7.59. The molecule has 2 aromatic carbocycles. The van der Waals surface area contributed by atoms with Gasteiger partial charge in [-0.05, 0) is 80.6 Å². The molecule has 1 saturated heterocycles. The number of nitrogens with zero attached hydrogens (tertiary/aromatic N) is 4. The van der Waals surface area contributed by atoms with Gasteiger partial charge in [0.1, 0.15) is 5.75 Å². The zero-order valence-corrected chi connectivity index (χ0v) is 24.8. The third kappa shape index (κ3) is 5.43. The third-order valence-corrected chi connectivity index (χ3v) is 9.27. The van der Waals surface area contributed by atoms with Gasteiger partial charge in [-0.15, -0.1) is 0 Å². The van der Waals surface area contributed by atoms with E-state index in [2.05, 4.69) is 65.9 Å². The van der Waals surface area contributed by atoms with Crippen molar-refractivity contribution in [2.45, 2.75) is 53.2 Å². The number of aromatic nitrogens is 1. The van der Waals surface area contributed by atoms with Crippen molar-refractivity contribution in [1.82, 2.24) is 19.3 Å². The molecule has 1 fully saturated rings. The van der Waals surface area contributed by atoms with Gasteiger partial charge in [-0.3, -0.25) is 19.5 Å². The second-order valence-corrected chi connectivity index (χ2v) is 11.6. The number of methoxy groups -OCH3 is 1. The standard InChI is InChI=1S/C33H44N4O2/c1-22-17-27(31-20-35(6)33(38)24(3)23(31)2)18-32(39-7)30(22)21-37-15-13-36(14-16-37)19-26-9-8-10-28-25(4)34(5)12-11-29(26)28/h8-10,17-18,20,25H,11-16,19,21H2,1-7H3. The van der Waals surface area contributed by atoms with Crippen molar-refractivity contribution >= 4 is 0 Å². The largest absolute Gasteiger partial charge is 0.496 e. The highest BCUT2D eigenvalue weighted by atomic mass is 16.5. The first kappa shape index (κ1) is 27.6. The fourth-order valence-electron chi connectivity index (χ4n) is 6.38. The van der Waals surface area contributed by atoms with E-state index in [1.54, 1.807) is 17.2 Å². The Morgan fingerprint density at radius 1 is 0.923 bits per heavy atom. The van der Waals surface area contributed by atoms with E-state index in [9.17, 15) is 4.79 Å². The Morgan fingerprint density at radius 3 is 2.31 bits per heavy atom. The molecule has 0 N–H and O–H groups in total. The smallest absolute Gasteiger partial charge is 0.253 e. The van der Waals surface area contributed by atoms with E-state index >= 15 is 0 Å². The Labute approximate surface area is 233 Å². The van der Waals surface area contributed by atoms with Crippen LogP contribution in [-0.2, 0) is 26.6 Å². The summed E-state index contributed by atoms with van der Waals surface area (Å²) in [4.78, 5) is 20.0. The number of piperazine rings is 1. The lowest BCUT2D eigenvalue weighted by Crippen LogP contribution is -2.45. The lowest BCUT2D eigenvalue weighted by molar-refractivity contribution is 0.120. The molecule has 1 atom stereocenters. The van der Waals surface area contributed by atoms with Crippen LogP contribution in [0.2, 0.25) is 0 Å². The molecule has 3 aromatic rings. The molecule has 1 aromatic heterocycles. The molecule has 0 aliphatic carbocycles. The van der Waals surface area contributed by atoms with E-state index in [0.29, 0.717) is 6.04 Å². The van der Waals surface area contributed by atoms with E-state index in [1.807, 2.05) is 27.1 Å². The molecule has 1 unspecified atom stereocenters. The van der Waals surface area contributed by atoms with Gasteiger partial charge in [0.15, 0.2) is 0 Å². The molecule has 0 saturated carbocycles. The molecule has 2 aliphatic rings. The molecule has 3 heterocycles. The number of rotatable bonds is 6. The highest BCUT2D eigenvalue weighted by molar-refractivity contribution is 5.71. The summed E-state index contributed by atoms with van der Waals surface area (Å²) in [6, 6.07) is 11.8. The molecule has 6 heteroatoms. The Hall–Kier alpha value is -2.93. The molecular formula is C33H44N4O2. The van der Waals surface area contributed by atoms with Crippen LogP contribution in [0.4, 0.5) is 0 Å². The van der Waals surface area contributed by atoms with Crippen molar-refractivity contribution < 1.29 is 4.74 Å². The molecule has 6 nitrogen and oxygen atoms in total. The van der Waals surface area contributed by atoms with Crippen molar-refractivity contribution in [3.63, 3.8) is 0 Å². The molecule has 2 aliphatic heterocycles. The van der Waals surface area contributed by atoms with Gasteiger partial charge >= 0.3 is 0 Å². The monoisotopic (exact) mass is 528 g/mol. The van der Waals surface area contributed by atoms with Crippen LogP contribution in [0.25, 0.3) is 11.1 Å². The predicted octanol–water partition coefficient (Wildman–Crippen LogP) is 4.85. The summed E-state index contributed by atoms with van der Waals surface area (Å²) in [5.74, 6) is 0.924. The number of fused-ring (bicyclic) bond motifs is 1. The number of pyridine rings is 1. The number of hydrogen-bond donors (Lipinski definition) is 0. The highest BCUT2D eigenvalue weighted by Gasteiger charge is 2.25. The Kier molecular flexibility index (Phi) is 7.99. The SMILES string of the molecule is COc1cc(-c2cn(C)c(=O)c(C)c2C)cc(C)c1CN1CCN(Cc2cccc3c2CCN(C)C3C)CC1. The summed E-state index contributed by atoms with van der Waals surface area (Å²) in [6.07, 6.45) is 3.10. The van der Waals surface area contributed by atoms with Crippen LogP contribution in [0.5, 0.6) is 5.75 Å². The average Bonchev–Trinajstić information content (AvgIpc) is 2.93. The van der Waals surface area contributed by atoms with Crippen LogP contribution in [0.3, 0.4) is 0 Å². The lowest BCUT2D eigenvalue weighted by atomic mass is 9.90. The van der Waals surface area contributed by atoms with Crippen LogP contribution in [0, 0.1) is 20.8 Å². The zero-order chi connectivity index (χ0) is 27.8. The normalized spacial score (nSPS) is 18.8. The topological polar surface area (TPSA) is 41.0 Å². The van der Waals surface area contributed by atoms with E-state index in [0.717, 1.165) is 80.2 Å². The first-order chi connectivity index (χ1) is 18.7. The van der Waals surface area contributed by atoms with Crippen LogP contribution in [0.15, 0.2) is 41.3 Å². The molecule has 0 bridgehead atoms. The van der Waals surface area contributed by atoms with Crippen molar-refractivity contribution in [3.05, 3.63) is 85.8 Å². The van der Waals surface area contributed by atoms with Crippen LogP contribution < -0.4 is 10.3 Å². The maximum atomic E-state index is 12.4. The summed E-state index contributed by atoms with van der Waals surface area (Å²) in [5, 5.41) is 0. The van der Waals surface area contributed by atoms with Crippen molar-refractivity contribution in [2.24, 2.45) is 7.05 Å². The maximum absolute atomic E-state index is 12.4. The fraction of sp³-hybridized carbons (Fsp3) is 0.485. The molecule has 208 valence electrons. The lowest BCUT2D eigenvalue weighted by Gasteiger charge is -2.37. The summed E-state index contributed by atoms with van der Waals surface area (Å²) in [7, 11) is 5.82. The maximum Gasteiger partial charge on any atom is 0.253 e. The Balaban J connectivity index is 1.28. The number of likely N-dealkylation sites (N-methyl/N-ethyl adjacent to an activating group) is 1. The molecule has 5 rings (SSSR count). The number of benzene rings is 2. The van der Waals surface area contributed by atoms with E-state index in [4.69, 9.17) is 4.74 Å². The number of aryl methyl sites for hydroxylation is 2. The molecule has 39 heavy (non-hydrogen) atoms. The van der Waals surface area contributed by atoms with Crippen molar-refractivity contribution in [2.75, 3.05) is 46.9 Å². The first-order valence-corrected chi connectivity index (χ1v) is 14.3. The summed E-state index contributed by atoms with van der Waals surface area (Å²) in [5.41, 5.74) is 11.2. The minimum absolute atomic E-state index is 0.0602. The van der Waals surface area contributed by atoms with Gasteiger partial charge in [0.25, 0.3) is 5.56 Å². The summed E-state index contributed by atoms with van der Waals surface area (Å²) >= 11 is 0. The predicted molar refractivity (Wildman–Crippen MR) is 160 cm³/mol. The quantitative estimate of drug-likeness (QED) is 0.457. The van der Waals surface area contributed by atoms with Gasteiger partial charge in [-0.25, -0.2) is 0 Å². The average molecular weight is 529 g/mol. The minimum Gasteiger partial charge on any atom is -0.496 e. The molecular weight excluding hydrogens is 484 g/mol. The molecule has 0 spiro atoms. The summed E-state index contributed by atoms with van der Waals surface area (Å²) in [6.45, 7) is 15.8. The fourth-order valence-corrected chi connectivity index (χ4v) is 6.38. The van der Waals surface area contributed by atoms with Crippen molar-refractivity contribution in [3.8, 4) is 16.9 Å². The zero-order valence-electron chi connectivity index (χ0n) is 24.8. The van der Waals surface area contributed by atoms with Crippen LogP contribution >= 0.6 is 0 Å². The van der Waals surface area contributed by atoms with Gasteiger partial charge in [0.2, 0.25) is 0 Å². The van der Waals surface area contributed by atoms with E-state index in [-0.39, 0.29) is 5.56 Å². The van der Waals surface area contributed by atoms with E-state index < -0.39 is 0 Å². The third-order valence-electron chi connectivity index (χ3n) is 9.27. The van der Waals surface area contributed by atoms with Crippen molar-refractivity contribution in [1.29, 1.82) is 0 Å². The minimum atomic E-state index is 0.0602. The van der Waals surface area contributed by atoms with Gasteiger partial charge in [-0.1, -0.05) is 24.3 Å². The number of hydrogen-bond acceptors (Lipinski definition) is 5. The van der Waals surface area contributed by atoms with Gasteiger partial charge < -0.3 is 9.30 Å². The Morgan fingerprint density at radius 2 is 1.62 bits per heavy atom. The first-order valence-electron chi connectivity index (χ1n) is 14.3. The second-order valence-electron chi connectivity index (χ2n) is 11.6. The van der Waals surface area contributed by atoms with Gasteiger partial charge in [-0.2, -0.15) is 0 Å². The van der Waals surface area contributed by atoms with Crippen LogP contribution in [-0.4, -0.2) is 66.1 Å². The highest BCUT2D eigenvalue weighted by Crippen LogP contribution is 2.34. The second kappa shape index (κ2) is 11.3. The van der Waals surface area contributed by atoms with Crippen LogP contribution in [0.1, 0.15) is 51.9 Å². The Bertz CT molecular complexity index is 1420. The van der Waals surface area contributed by atoms with E-state index in [1.165, 1.54) is 22.3 Å². The molecule has 0 amide bonds. The molecule has 0 radical (unpaired) electrons. The van der Waals surface area contributed by atoms with Gasteiger partial charge in [0.05, 0.1) is 7.11 Å². The number of ether oxygens (including phenoxy) is 1. The van der Waals surface area contributed by atoms with Gasteiger partial charge in [0, 0.05) is 81.8 Å².